The number of methoxy groups -OCH3 is 1. The number of allylic oxidation sites excluding steroid dienone is 2. The van der Waals surface area contributed by atoms with Crippen LogP contribution in [-0.2, 0) is 0 Å². The van der Waals surface area contributed by atoms with Gasteiger partial charge < -0.3 is 15.2 Å². The standard InChI is InChI=1S/C20H18ClNO3/c1-25-16-10-9-15(21)17-13-3-2-4-14(13)18(22-19(16)17)11-5-7-12(8-6-11)20(23)24/h2-3,5-10,13-14,18,22H,4H2,1H3,(H,23,24)/t13-,14+,18+/m1/s1. The number of carboxylic acid groups (broad SMARTS) is 1. The summed E-state index contributed by atoms with van der Waals surface area (Å²) in [6.07, 6.45) is 5.37. The highest BCUT2D eigenvalue weighted by molar-refractivity contribution is 6.32. The lowest BCUT2D eigenvalue weighted by Gasteiger charge is -2.38. The first-order chi connectivity index (χ1) is 12.1. The topological polar surface area (TPSA) is 58.6 Å². The number of aromatic carboxylic acids is 1. The van der Waals surface area contributed by atoms with Crippen LogP contribution in [0.25, 0.3) is 0 Å². The number of carboxylic acids is 1. The molecule has 0 unspecified atom stereocenters. The summed E-state index contributed by atoms with van der Waals surface area (Å²) in [6.45, 7) is 0. The van der Waals surface area contributed by atoms with Crippen LogP contribution in [0.2, 0.25) is 5.02 Å². The summed E-state index contributed by atoms with van der Waals surface area (Å²) < 4.78 is 5.53. The van der Waals surface area contributed by atoms with Crippen molar-refractivity contribution in [3.8, 4) is 5.75 Å². The van der Waals surface area contributed by atoms with Crippen molar-refractivity contribution in [1.29, 1.82) is 0 Å². The van der Waals surface area contributed by atoms with E-state index in [2.05, 4.69) is 17.5 Å². The zero-order chi connectivity index (χ0) is 17.6. The Balaban J connectivity index is 1.79. The summed E-state index contributed by atoms with van der Waals surface area (Å²) >= 11 is 6.49. The van der Waals surface area contributed by atoms with Crippen molar-refractivity contribution in [2.45, 2.75) is 18.4 Å². The maximum Gasteiger partial charge on any atom is 0.335 e. The van der Waals surface area contributed by atoms with Gasteiger partial charge in [-0.15, -0.1) is 0 Å². The second-order valence-corrected chi connectivity index (χ2v) is 6.85. The molecule has 1 heterocycles. The maximum absolute atomic E-state index is 11.1. The molecule has 128 valence electrons. The fourth-order valence-electron chi connectivity index (χ4n) is 3.97. The van der Waals surface area contributed by atoms with Crippen molar-refractivity contribution in [3.05, 3.63) is 70.3 Å². The summed E-state index contributed by atoms with van der Waals surface area (Å²) in [5.41, 5.74) is 3.37. The fourth-order valence-corrected chi connectivity index (χ4v) is 4.25. The number of anilines is 1. The van der Waals surface area contributed by atoms with E-state index in [1.165, 1.54) is 0 Å². The molecule has 0 radical (unpaired) electrons. The monoisotopic (exact) mass is 355 g/mol. The third kappa shape index (κ3) is 2.57. The molecule has 4 rings (SSSR count). The van der Waals surface area contributed by atoms with Crippen LogP contribution >= 0.6 is 11.6 Å². The van der Waals surface area contributed by atoms with Gasteiger partial charge in [0.25, 0.3) is 0 Å². The Morgan fingerprint density at radius 3 is 2.68 bits per heavy atom. The molecule has 1 aliphatic carbocycles. The molecular formula is C20H18ClNO3. The predicted octanol–water partition coefficient (Wildman–Crippen LogP) is 4.87. The summed E-state index contributed by atoms with van der Waals surface area (Å²) in [4.78, 5) is 11.1. The Hall–Kier alpha value is -2.46. The van der Waals surface area contributed by atoms with E-state index in [0.29, 0.717) is 11.5 Å². The molecule has 0 fully saturated rings. The fraction of sp³-hybridized carbons (Fsp3) is 0.250. The zero-order valence-electron chi connectivity index (χ0n) is 13.7. The predicted molar refractivity (Wildman–Crippen MR) is 97.8 cm³/mol. The number of benzene rings is 2. The average molecular weight is 356 g/mol. The van der Waals surface area contributed by atoms with Gasteiger partial charge in [-0.1, -0.05) is 35.9 Å². The minimum absolute atomic E-state index is 0.0720. The van der Waals surface area contributed by atoms with E-state index < -0.39 is 5.97 Å². The van der Waals surface area contributed by atoms with E-state index in [0.717, 1.165) is 34.0 Å². The van der Waals surface area contributed by atoms with E-state index in [4.69, 9.17) is 21.4 Å². The minimum Gasteiger partial charge on any atom is -0.495 e. The highest BCUT2D eigenvalue weighted by atomic mass is 35.5. The normalized spacial score (nSPS) is 23.5. The Labute approximate surface area is 151 Å². The Morgan fingerprint density at radius 1 is 1.24 bits per heavy atom. The molecule has 0 amide bonds. The Kier molecular flexibility index (Phi) is 3.92. The smallest absolute Gasteiger partial charge is 0.335 e. The molecule has 2 N–H and O–H groups in total. The van der Waals surface area contributed by atoms with Crippen LogP contribution in [0.3, 0.4) is 0 Å². The number of rotatable bonds is 3. The maximum atomic E-state index is 11.1. The van der Waals surface area contributed by atoms with Gasteiger partial charge in [0.2, 0.25) is 0 Å². The first-order valence-corrected chi connectivity index (χ1v) is 8.60. The summed E-state index contributed by atoms with van der Waals surface area (Å²) in [7, 11) is 1.65. The lowest BCUT2D eigenvalue weighted by molar-refractivity contribution is 0.0697. The van der Waals surface area contributed by atoms with Crippen LogP contribution in [0.4, 0.5) is 5.69 Å². The first-order valence-electron chi connectivity index (χ1n) is 8.23. The molecule has 5 heteroatoms. The van der Waals surface area contributed by atoms with Gasteiger partial charge in [0, 0.05) is 16.5 Å². The van der Waals surface area contributed by atoms with Gasteiger partial charge >= 0.3 is 5.97 Å². The molecule has 0 aromatic heterocycles. The number of carbonyl (C=O) groups is 1. The number of hydrogen-bond acceptors (Lipinski definition) is 3. The molecule has 1 aliphatic heterocycles. The molecule has 0 saturated carbocycles. The largest absolute Gasteiger partial charge is 0.495 e. The van der Waals surface area contributed by atoms with Crippen molar-refractivity contribution in [1.82, 2.24) is 0 Å². The number of fused-ring (bicyclic) bond motifs is 3. The molecule has 2 aromatic rings. The van der Waals surface area contributed by atoms with Crippen LogP contribution in [0.15, 0.2) is 48.6 Å². The Bertz CT molecular complexity index is 860. The van der Waals surface area contributed by atoms with Gasteiger partial charge in [-0.2, -0.15) is 0 Å². The summed E-state index contributed by atoms with van der Waals surface area (Å²) in [6, 6.07) is 10.9. The molecule has 25 heavy (non-hydrogen) atoms. The average Bonchev–Trinajstić information content (AvgIpc) is 3.11. The number of hydrogen-bond donors (Lipinski definition) is 2. The molecule has 2 aliphatic rings. The first kappa shape index (κ1) is 16.0. The highest BCUT2D eigenvalue weighted by Crippen LogP contribution is 2.54. The third-order valence-electron chi connectivity index (χ3n) is 5.17. The van der Waals surface area contributed by atoms with Crippen molar-refractivity contribution >= 4 is 23.3 Å². The van der Waals surface area contributed by atoms with E-state index >= 15 is 0 Å². The summed E-state index contributed by atoms with van der Waals surface area (Å²) in [5, 5.41) is 13.4. The van der Waals surface area contributed by atoms with Crippen LogP contribution in [0.5, 0.6) is 5.75 Å². The van der Waals surface area contributed by atoms with E-state index in [-0.39, 0.29) is 12.0 Å². The van der Waals surface area contributed by atoms with E-state index in [9.17, 15) is 4.79 Å². The zero-order valence-corrected chi connectivity index (χ0v) is 14.5. The SMILES string of the molecule is COc1ccc(Cl)c2c1N[C@@H](c1ccc(C(=O)O)cc1)[C@H]1CC=C[C@@H]21. The quantitative estimate of drug-likeness (QED) is 0.771. The van der Waals surface area contributed by atoms with E-state index in [1.54, 1.807) is 19.2 Å². The van der Waals surface area contributed by atoms with Gasteiger partial charge in [0.15, 0.2) is 0 Å². The number of nitrogens with one attached hydrogen (secondary N) is 1. The summed E-state index contributed by atoms with van der Waals surface area (Å²) in [5.74, 6) is 0.420. The molecule has 0 spiro atoms. The lowest BCUT2D eigenvalue weighted by Crippen LogP contribution is -2.29. The molecule has 3 atom stereocenters. The molecule has 4 nitrogen and oxygen atoms in total. The highest BCUT2D eigenvalue weighted by Gasteiger charge is 2.40. The molecule has 0 saturated heterocycles. The van der Waals surface area contributed by atoms with Gasteiger partial charge in [-0.3, -0.25) is 0 Å². The number of halogens is 1. The third-order valence-corrected chi connectivity index (χ3v) is 5.49. The minimum atomic E-state index is -0.914. The molecule has 0 bridgehead atoms. The van der Waals surface area contributed by atoms with Crippen molar-refractivity contribution in [3.63, 3.8) is 0 Å². The number of ether oxygens (including phenoxy) is 1. The van der Waals surface area contributed by atoms with Gasteiger partial charge in [0.1, 0.15) is 5.75 Å². The van der Waals surface area contributed by atoms with Crippen molar-refractivity contribution in [2.24, 2.45) is 5.92 Å². The van der Waals surface area contributed by atoms with Crippen molar-refractivity contribution < 1.29 is 14.6 Å². The Morgan fingerprint density at radius 2 is 2.00 bits per heavy atom. The van der Waals surface area contributed by atoms with E-state index in [1.807, 2.05) is 24.3 Å². The van der Waals surface area contributed by atoms with Crippen LogP contribution in [-0.4, -0.2) is 18.2 Å². The lowest BCUT2D eigenvalue weighted by atomic mass is 9.76. The molecule has 2 aromatic carbocycles. The molecular weight excluding hydrogens is 338 g/mol. The van der Waals surface area contributed by atoms with Gasteiger partial charge in [-0.05, 0) is 42.2 Å². The second-order valence-electron chi connectivity index (χ2n) is 6.44. The van der Waals surface area contributed by atoms with Gasteiger partial charge in [0.05, 0.1) is 24.4 Å². The van der Waals surface area contributed by atoms with Crippen LogP contribution < -0.4 is 10.1 Å². The second kappa shape index (κ2) is 6.12. The van der Waals surface area contributed by atoms with Gasteiger partial charge in [-0.25, -0.2) is 4.79 Å². The van der Waals surface area contributed by atoms with Crippen LogP contribution in [0.1, 0.15) is 39.9 Å². The van der Waals surface area contributed by atoms with Crippen molar-refractivity contribution in [2.75, 3.05) is 12.4 Å². The van der Waals surface area contributed by atoms with Crippen LogP contribution in [0, 0.1) is 5.92 Å².